The molecule has 0 saturated carbocycles. The fraction of sp³-hybridized carbons (Fsp3) is 0.0800. The van der Waals surface area contributed by atoms with Gasteiger partial charge in [-0.05, 0) is 71.4 Å². The van der Waals surface area contributed by atoms with Gasteiger partial charge in [0.2, 0.25) is 0 Å². The largest absolute Gasteiger partial charge is 0.497 e. The van der Waals surface area contributed by atoms with Crippen LogP contribution in [0, 0.1) is 0 Å². The van der Waals surface area contributed by atoms with E-state index in [2.05, 4.69) is 0 Å². The van der Waals surface area contributed by atoms with E-state index >= 15 is 0 Å². The summed E-state index contributed by atoms with van der Waals surface area (Å²) in [6.07, 6.45) is 1.63. The molecule has 2 amide bonds. The number of thioether (sulfide) groups is 1. The van der Waals surface area contributed by atoms with E-state index in [1.807, 2.05) is 0 Å². The van der Waals surface area contributed by atoms with Crippen LogP contribution in [0.4, 0.5) is 4.79 Å². The summed E-state index contributed by atoms with van der Waals surface area (Å²) in [5.74, 6) is 0.137. The third kappa shape index (κ3) is 5.27. The Balaban J connectivity index is 1.43. The van der Waals surface area contributed by atoms with Gasteiger partial charge in [-0.2, -0.15) is 0 Å². The number of amides is 2. The summed E-state index contributed by atoms with van der Waals surface area (Å²) in [5, 5.41) is 0.150. The number of ether oxygens (including phenoxy) is 2. The summed E-state index contributed by atoms with van der Waals surface area (Å²) in [7, 11) is 1.55. The molecule has 0 atom stereocenters. The van der Waals surface area contributed by atoms with Crippen LogP contribution in [0.2, 0.25) is 5.02 Å². The molecule has 33 heavy (non-hydrogen) atoms. The highest BCUT2D eigenvalue weighted by Crippen LogP contribution is 2.34. The summed E-state index contributed by atoms with van der Waals surface area (Å²) in [4.78, 5) is 38.9. The van der Waals surface area contributed by atoms with Crippen molar-refractivity contribution in [3.8, 4) is 11.5 Å². The Hall–Kier alpha value is -3.55. The predicted octanol–water partition coefficient (Wildman–Crippen LogP) is 5.80. The highest BCUT2D eigenvalue weighted by Gasteiger charge is 2.35. The van der Waals surface area contributed by atoms with Gasteiger partial charge < -0.3 is 9.47 Å². The minimum Gasteiger partial charge on any atom is -0.497 e. The zero-order valence-electron chi connectivity index (χ0n) is 17.5. The highest BCUT2D eigenvalue weighted by atomic mass is 35.5. The topological polar surface area (TPSA) is 72.9 Å². The van der Waals surface area contributed by atoms with E-state index in [0.29, 0.717) is 38.1 Å². The van der Waals surface area contributed by atoms with Gasteiger partial charge in [0, 0.05) is 5.02 Å². The van der Waals surface area contributed by atoms with Crippen LogP contribution in [-0.2, 0) is 11.3 Å². The first-order chi connectivity index (χ1) is 15.9. The number of esters is 1. The number of benzene rings is 3. The summed E-state index contributed by atoms with van der Waals surface area (Å²) in [6.45, 7) is 0.113. The molecule has 1 fully saturated rings. The van der Waals surface area contributed by atoms with Crippen molar-refractivity contribution in [1.82, 2.24) is 4.90 Å². The zero-order valence-corrected chi connectivity index (χ0v) is 19.1. The SMILES string of the molecule is COc1ccc(C(=O)Oc2ccc(/C=C3/SC(=O)N(Cc4ccccc4Cl)C3=O)cc2)cc1. The Labute approximate surface area is 199 Å². The lowest BCUT2D eigenvalue weighted by Crippen LogP contribution is -2.27. The van der Waals surface area contributed by atoms with E-state index in [1.54, 1.807) is 86.0 Å². The van der Waals surface area contributed by atoms with Crippen molar-refractivity contribution in [2.45, 2.75) is 6.54 Å². The summed E-state index contributed by atoms with van der Waals surface area (Å²) in [6, 6.07) is 20.4. The third-order valence-electron chi connectivity index (χ3n) is 4.87. The number of methoxy groups -OCH3 is 1. The van der Waals surface area contributed by atoms with Gasteiger partial charge in [-0.25, -0.2) is 4.79 Å². The van der Waals surface area contributed by atoms with Crippen molar-refractivity contribution < 1.29 is 23.9 Å². The second-order valence-corrected chi connectivity index (χ2v) is 8.45. The molecule has 3 aromatic rings. The molecule has 1 saturated heterocycles. The molecule has 166 valence electrons. The quantitative estimate of drug-likeness (QED) is 0.252. The Morgan fingerprint density at radius 1 is 0.970 bits per heavy atom. The number of halogens is 1. The van der Waals surface area contributed by atoms with Crippen molar-refractivity contribution in [2.24, 2.45) is 0 Å². The molecular formula is C25H18ClNO5S. The molecule has 3 aromatic carbocycles. The van der Waals surface area contributed by atoms with Gasteiger partial charge in [0.15, 0.2) is 0 Å². The predicted molar refractivity (Wildman–Crippen MR) is 127 cm³/mol. The van der Waals surface area contributed by atoms with Crippen LogP contribution in [0.3, 0.4) is 0 Å². The van der Waals surface area contributed by atoms with Crippen LogP contribution in [0.25, 0.3) is 6.08 Å². The molecule has 0 radical (unpaired) electrons. The van der Waals surface area contributed by atoms with Crippen molar-refractivity contribution in [2.75, 3.05) is 7.11 Å². The first-order valence-electron chi connectivity index (χ1n) is 9.89. The normalized spacial score (nSPS) is 14.6. The smallest absolute Gasteiger partial charge is 0.343 e. The average molecular weight is 480 g/mol. The lowest BCUT2D eigenvalue weighted by atomic mass is 10.2. The first-order valence-corrected chi connectivity index (χ1v) is 11.1. The maximum Gasteiger partial charge on any atom is 0.343 e. The Morgan fingerprint density at radius 3 is 2.30 bits per heavy atom. The summed E-state index contributed by atoms with van der Waals surface area (Å²) < 4.78 is 10.5. The van der Waals surface area contributed by atoms with Gasteiger partial charge in [0.25, 0.3) is 11.1 Å². The lowest BCUT2D eigenvalue weighted by Gasteiger charge is -2.13. The summed E-state index contributed by atoms with van der Waals surface area (Å²) >= 11 is 7.03. The van der Waals surface area contributed by atoms with Gasteiger partial charge in [0.05, 0.1) is 24.1 Å². The molecule has 6 nitrogen and oxygen atoms in total. The molecular weight excluding hydrogens is 462 g/mol. The van der Waals surface area contributed by atoms with Crippen LogP contribution in [0.15, 0.2) is 77.7 Å². The van der Waals surface area contributed by atoms with Crippen molar-refractivity contribution in [3.05, 3.63) is 99.4 Å². The molecule has 4 rings (SSSR count). The fourth-order valence-electron chi connectivity index (χ4n) is 3.11. The monoisotopic (exact) mass is 479 g/mol. The van der Waals surface area contributed by atoms with E-state index in [4.69, 9.17) is 21.1 Å². The van der Waals surface area contributed by atoms with Crippen molar-refractivity contribution in [1.29, 1.82) is 0 Å². The van der Waals surface area contributed by atoms with Crippen LogP contribution < -0.4 is 9.47 Å². The van der Waals surface area contributed by atoms with E-state index < -0.39 is 5.97 Å². The van der Waals surface area contributed by atoms with Gasteiger partial charge in [-0.15, -0.1) is 0 Å². The standard InChI is InChI=1S/C25H18ClNO5S/c1-31-19-12-8-17(9-13-19)24(29)32-20-10-6-16(7-11-20)14-22-23(28)27(25(30)33-22)15-18-4-2-3-5-21(18)26/h2-14H,15H2,1H3/b22-14+. The molecule has 0 unspecified atom stereocenters. The van der Waals surface area contributed by atoms with Crippen LogP contribution in [-0.4, -0.2) is 29.1 Å². The number of carbonyl (C=O) groups is 3. The maximum atomic E-state index is 12.7. The fourth-order valence-corrected chi connectivity index (χ4v) is 4.14. The van der Waals surface area contributed by atoms with Gasteiger partial charge in [0.1, 0.15) is 11.5 Å². The molecule has 0 spiro atoms. The van der Waals surface area contributed by atoms with Gasteiger partial charge in [-0.3, -0.25) is 14.5 Å². The van der Waals surface area contributed by atoms with Crippen LogP contribution in [0.1, 0.15) is 21.5 Å². The van der Waals surface area contributed by atoms with Gasteiger partial charge >= 0.3 is 5.97 Å². The minimum absolute atomic E-state index is 0.113. The number of nitrogens with zero attached hydrogens (tertiary/aromatic N) is 1. The van der Waals surface area contributed by atoms with Gasteiger partial charge in [-0.1, -0.05) is 41.9 Å². The number of imide groups is 1. The van der Waals surface area contributed by atoms with E-state index in [1.165, 1.54) is 4.90 Å². The number of carbonyl (C=O) groups excluding carboxylic acids is 3. The number of hydrogen-bond donors (Lipinski definition) is 0. The maximum absolute atomic E-state index is 12.7. The molecule has 0 N–H and O–H groups in total. The third-order valence-corrected chi connectivity index (χ3v) is 6.15. The highest BCUT2D eigenvalue weighted by molar-refractivity contribution is 8.18. The van der Waals surface area contributed by atoms with E-state index in [-0.39, 0.29) is 17.7 Å². The van der Waals surface area contributed by atoms with Crippen LogP contribution in [0.5, 0.6) is 11.5 Å². The molecule has 8 heteroatoms. The second kappa shape index (κ2) is 9.94. The Bertz CT molecular complexity index is 1240. The second-order valence-electron chi connectivity index (χ2n) is 7.05. The van der Waals surface area contributed by atoms with Crippen molar-refractivity contribution in [3.63, 3.8) is 0 Å². The minimum atomic E-state index is -0.494. The zero-order chi connectivity index (χ0) is 23.4. The molecule has 0 bridgehead atoms. The first kappa shape index (κ1) is 22.6. The molecule has 0 aromatic heterocycles. The van der Waals surface area contributed by atoms with E-state index in [0.717, 1.165) is 11.8 Å². The van der Waals surface area contributed by atoms with Crippen LogP contribution >= 0.6 is 23.4 Å². The number of hydrogen-bond acceptors (Lipinski definition) is 6. The van der Waals surface area contributed by atoms with Crippen molar-refractivity contribution >= 4 is 46.6 Å². The van der Waals surface area contributed by atoms with E-state index in [9.17, 15) is 14.4 Å². The molecule has 1 heterocycles. The summed E-state index contributed by atoms with van der Waals surface area (Å²) in [5.41, 5.74) is 1.79. The number of rotatable bonds is 6. The molecule has 1 aliphatic rings. The average Bonchev–Trinajstić information content (AvgIpc) is 3.09. The lowest BCUT2D eigenvalue weighted by molar-refractivity contribution is -0.123. The Morgan fingerprint density at radius 2 is 1.64 bits per heavy atom. The molecule has 1 aliphatic heterocycles. The Kier molecular flexibility index (Phi) is 6.82. The molecule has 0 aliphatic carbocycles.